The molecule has 0 radical (unpaired) electrons. The summed E-state index contributed by atoms with van der Waals surface area (Å²) in [5, 5.41) is 0.350. The monoisotopic (exact) mass is 352 g/mol. The normalized spacial score (nSPS) is 10.2. The van der Waals surface area contributed by atoms with Crippen molar-refractivity contribution in [2.45, 2.75) is 13.8 Å². The molecule has 0 fully saturated rings. The van der Waals surface area contributed by atoms with E-state index in [1.807, 2.05) is 0 Å². The van der Waals surface area contributed by atoms with Gasteiger partial charge in [-0.3, -0.25) is 10.2 Å². The molecule has 0 bridgehead atoms. The fourth-order valence-corrected chi connectivity index (χ4v) is 2.37. The standard InChI is InChI=1S/C16H17ClN2O5/c1-4-23-16(21)19-18-15(20)13-9(2)10(17)8-12(22-3)14(13)11-6-5-7-24-11/h5-8H,4H2,1-3H3,(H,18,20)(H,19,21). The molecular weight excluding hydrogens is 336 g/mol. The quantitative estimate of drug-likeness (QED) is 0.824. The maximum Gasteiger partial charge on any atom is 0.426 e. The average molecular weight is 353 g/mol. The zero-order chi connectivity index (χ0) is 17.7. The van der Waals surface area contributed by atoms with Crippen LogP contribution in [0.15, 0.2) is 28.9 Å². The molecule has 0 aliphatic heterocycles. The number of hydrazine groups is 1. The second-order valence-electron chi connectivity index (χ2n) is 4.71. The van der Waals surface area contributed by atoms with Gasteiger partial charge in [0.2, 0.25) is 0 Å². The number of benzene rings is 1. The number of amides is 2. The topological polar surface area (TPSA) is 89.8 Å². The minimum Gasteiger partial charge on any atom is -0.496 e. The first-order valence-electron chi connectivity index (χ1n) is 7.13. The second-order valence-corrected chi connectivity index (χ2v) is 5.12. The first-order valence-corrected chi connectivity index (χ1v) is 7.51. The van der Waals surface area contributed by atoms with E-state index in [2.05, 4.69) is 10.9 Å². The van der Waals surface area contributed by atoms with Crippen molar-refractivity contribution in [3.63, 3.8) is 0 Å². The van der Waals surface area contributed by atoms with Crippen molar-refractivity contribution < 1.29 is 23.5 Å². The Balaban J connectivity index is 2.45. The molecule has 1 aromatic heterocycles. The van der Waals surface area contributed by atoms with Gasteiger partial charge in [-0.1, -0.05) is 11.6 Å². The van der Waals surface area contributed by atoms with Gasteiger partial charge in [0, 0.05) is 5.02 Å². The predicted octanol–water partition coefficient (Wildman–Crippen LogP) is 3.31. The number of furan rings is 1. The van der Waals surface area contributed by atoms with Crippen molar-refractivity contribution in [1.82, 2.24) is 10.9 Å². The summed E-state index contributed by atoms with van der Waals surface area (Å²) in [6.07, 6.45) is 0.717. The maximum absolute atomic E-state index is 12.6. The van der Waals surface area contributed by atoms with Crippen molar-refractivity contribution >= 4 is 23.6 Å². The van der Waals surface area contributed by atoms with E-state index in [9.17, 15) is 9.59 Å². The highest BCUT2D eigenvalue weighted by atomic mass is 35.5. The lowest BCUT2D eigenvalue weighted by atomic mass is 9.98. The van der Waals surface area contributed by atoms with Crippen LogP contribution in [0.4, 0.5) is 4.79 Å². The van der Waals surface area contributed by atoms with Crippen molar-refractivity contribution in [2.75, 3.05) is 13.7 Å². The molecule has 24 heavy (non-hydrogen) atoms. The van der Waals surface area contributed by atoms with Gasteiger partial charge in [0.15, 0.2) is 0 Å². The molecule has 2 amide bonds. The van der Waals surface area contributed by atoms with Crippen LogP contribution in [0.25, 0.3) is 11.3 Å². The Morgan fingerprint density at radius 1 is 1.33 bits per heavy atom. The van der Waals surface area contributed by atoms with Gasteiger partial charge < -0.3 is 13.9 Å². The molecule has 128 valence electrons. The van der Waals surface area contributed by atoms with Gasteiger partial charge in [-0.15, -0.1) is 0 Å². The second kappa shape index (κ2) is 7.74. The molecule has 2 rings (SSSR count). The number of ether oxygens (including phenoxy) is 2. The van der Waals surface area contributed by atoms with Crippen molar-refractivity contribution in [3.05, 3.63) is 40.6 Å². The number of carbonyl (C=O) groups is 2. The van der Waals surface area contributed by atoms with E-state index in [4.69, 9.17) is 25.5 Å². The smallest absolute Gasteiger partial charge is 0.426 e. The third kappa shape index (κ3) is 3.62. The van der Waals surface area contributed by atoms with Crippen LogP contribution in [-0.2, 0) is 4.74 Å². The number of nitrogens with one attached hydrogen (secondary N) is 2. The SMILES string of the molecule is CCOC(=O)NNC(=O)c1c(C)c(Cl)cc(OC)c1-c1ccco1. The number of carbonyl (C=O) groups excluding carboxylic acids is 2. The van der Waals surface area contributed by atoms with Crippen LogP contribution in [0.2, 0.25) is 5.02 Å². The Kier molecular flexibility index (Phi) is 5.70. The van der Waals surface area contributed by atoms with E-state index >= 15 is 0 Å². The Morgan fingerprint density at radius 2 is 2.08 bits per heavy atom. The number of hydrogen-bond acceptors (Lipinski definition) is 5. The highest BCUT2D eigenvalue weighted by molar-refractivity contribution is 6.32. The molecule has 1 aromatic carbocycles. The molecule has 0 unspecified atom stereocenters. The first-order chi connectivity index (χ1) is 11.5. The molecule has 0 aliphatic carbocycles. The van der Waals surface area contributed by atoms with Crippen molar-refractivity contribution in [1.29, 1.82) is 0 Å². The molecular formula is C16H17ClN2O5. The van der Waals surface area contributed by atoms with Crippen LogP contribution in [0.1, 0.15) is 22.8 Å². The molecule has 0 saturated carbocycles. The van der Waals surface area contributed by atoms with Gasteiger partial charge in [0.1, 0.15) is 11.5 Å². The van der Waals surface area contributed by atoms with E-state index in [0.29, 0.717) is 27.7 Å². The maximum atomic E-state index is 12.6. The Bertz CT molecular complexity index is 743. The molecule has 8 heteroatoms. The molecule has 2 aromatic rings. The lowest BCUT2D eigenvalue weighted by Gasteiger charge is -2.16. The molecule has 0 aliphatic rings. The van der Waals surface area contributed by atoms with Crippen LogP contribution in [0.5, 0.6) is 5.75 Å². The number of halogens is 1. The van der Waals surface area contributed by atoms with Gasteiger partial charge in [-0.2, -0.15) is 0 Å². The van der Waals surface area contributed by atoms with Gasteiger partial charge in [-0.25, -0.2) is 10.2 Å². The lowest BCUT2D eigenvalue weighted by Crippen LogP contribution is -2.42. The summed E-state index contributed by atoms with van der Waals surface area (Å²) in [7, 11) is 1.46. The first kappa shape index (κ1) is 17.7. The summed E-state index contributed by atoms with van der Waals surface area (Å²) >= 11 is 6.18. The molecule has 7 nitrogen and oxygen atoms in total. The zero-order valence-corrected chi connectivity index (χ0v) is 14.2. The van der Waals surface area contributed by atoms with Gasteiger partial charge >= 0.3 is 6.09 Å². The summed E-state index contributed by atoms with van der Waals surface area (Å²) in [5.41, 5.74) is 5.64. The average Bonchev–Trinajstić information content (AvgIpc) is 3.08. The van der Waals surface area contributed by atoms with E-state index in [1.165, 1.54) is 13.4 Å². The summed E-state index contributed by atoms with van der Waals surface area (Å²) in [6, 6.07) is 4.99. The molecule has 1 heterocycles. The summed E-state index contributed by atoms with van der Waals surface area (Å²) in [6.45, 7) is 3.53. The molecule has 0 saturated heterocycles. The summed E-state index contributed by atoms with van der Waals surface area (Å²) in [4.78, 5) is 23.9. The fourth-order valence-electron chi connectivity index (χ4n) is 2.17. The largest absolute Gasteiger partial charge is 0.496 e. The Hall–Kier alpha value is -2.67. The summed E-state index contributed by atoms with van der Waals surface area (Å²) in [5.74, 6) is 0.238. The fraction of sp³-hybridized carbons (Fsp3) is 0.250. The Morgan fingerprint density at radius 3 is 2.67 bits per heavy atom. The Labute approximate surface area is 143 Å². The minimum atomic E-state index is -0.767. The van der Waals surface area contributed by atoms with Gasteiger partial charge in [0.05, 0.1) is 31.1 Å². The molecule has 0 spiro atoms. The van der Waals surface area contributed by atoms with Crippen LogP contribution >= 0.6 is 11.6 Å². The zero-order valence-electron chi connectivity index (χ0n) is 13.4. The highest BCUT2D eigenvalue weighted by Crippen LogP contribution is 2.39. The van der Waals surface area contributed by atoms with Crippen LogP contribution < -0.4 is 15.6 Å². The van der Waals surface area contributed by atoms with Crippen LogP contribution in [0, 0.1) is 6.92 Å². The lowest BCUT2D eigenvalue weighted by molar-refractivity contribution is 0.0912. The third-order valence-electron chi connectivity index (χ3n) is 3.26. The number of methoxy groups -OCH3 is 1. The summed E-state index contributed by atoms with van der Waals surface area (Å²) < 4.78 is 15.4. The van der Waals surface area contributed by atoms with Crippen LogP contribution in [0.3, 0.4) is 0 Å². The molecule has 2 N–H and O–H groups in total. The number of hydrogen-bond donors (Lipinski definition) is 2. The van der Waals surface area contributed by atoms with Crippen LogP contribution in [-0.4, -0.2) is 25.7 Å². The van der Waals surface area contributed by atoms with Gasteiger partial charge in [0.25, 0.3) is 5.91 Å². The third-order valence-corrected chi connectivity index (χ3v) is 3.65. The number of rotatable bonds is 4. The van der Waals surface area contributed by atoms with E-state index in [0.717, 1.165) is 0 Å². The minimum absolute atomic E-state index is 0.184. The van der Waals surface area contributed by atoms with Crippen molar-refractivity contribution in [2.24, 2.45) is 0 Å². The molecule has 0 atom stereocenters. The van der Waals surface area contributed by atoms with E-state index < -0.39 is 12.0 Å². The highest BCUT2D eigenvalue weighted by Gasteiger charge is 2.24. The van der Waals surface area contributed by atoms with Gasteiger partial charge in [-0.05, 0) is 37.6 Å². The van der Waals surface area contributed by atoms with E-state index in [-0.39, 0.29) is 12.2 Å². The van der Waals surface area contributed by atoms with E-state index in [1.54, 1.807) is 32.0 Å². The van der Waals surface area contributed by atoms with Crippen molar-refractivity contribution in [3.8, 4) is 17.1 Å². The predicted molar refractivity (Wildman–Crippen MR) is 88.1 cm³/mol.